The van der Waals surface area contributed by atoms with E-state index in [-0.39, 0.29) is 0 Å². The molecule has 3 heteroatoms. The number of aromatic nitrogens is 1. The predicted molar refractivity (Wildman–Crippen MR) is 72.1 cm³/mol. The third-order valence-electron chi connectivity index (χ3n) is 3.42. The van der Waals surface area contributed by atoms with Crippen LogP contribution in [0.2, 0.25) is 0 Å². The molecular weight excluding hydrogens is 230 g/mol. The van der Waals surface area contributed by atoms with Crippen LogP contribution in [0, 0.1) is 5.92 Å². The molecule has 1 fully saturated rings. The van der Waals surface area contributed by atoms with Gasteiger partial charge >= 0.3 is 0 Å². The molecular formula is C14H21NOS. The van der Waals surface area contributed by atoms with E-state index in [4.69, 9.17) is 0 Å². The monoisotopic (exact) mass is 251 g/mol. The van der Waals surface area contributed by atoms with Gasteiger partial charge in [0.1, 0.15) is 0 Å². The molecule has 0 spiro atoms. The fraction of sp³-hybridized carbons (Fsp3) is 0.643. The zero-order chi connectivity index (χ0) is 12.3. The van der Waals surface area contributed by atoms with Crippen LogP contribution in [0.25, 0.3) is 0 Å². The van der Waals surface area contributed by atoms with Gasteiger partial charge in [-0.25, -0.2) is 4.98 Å². The van der Waals surface area contributed by atoms with Gasteiger partial charge in [-0.1, -0.05) is 25.8 Å². The second-order valence-corrected chi connectivity index (χ2v) is 6.44. The van der Waals surface area contributed by atoms with Crippen LogP contribution in [0.15, 0.2) is 23.4 Å². The first-order chi connectivity index (χ1) is 8.15. The molecule has 0 aromatic carbocycles. The molecule has 0 aliphatic heterocycles. The van der Waals surface area contributed by atoms with Crippen molar-refractivity contribution in [3.63, 3.8) is 0 Å². The molecule has 1 aliphatic rings. The molecule has 1 aliphatic carbocycles. The maximum absolute atomic E-state index is 9.42. The minimum Gasteiger partial charge on any atom is -0.389 e. The predicted octanol–water partition coefficient (Wildman–Crippen LogP) is 3.81. The van der Waals surface area contributed by atoms with Crippen LogP contribution in [-0.4, -0.2) is 15.3 Å². The van der Waals surface area contributed by atoms with Gasteiger partial charge in [-0.3, -0.25) is 0 Å². The summed E-state index contributed by atoms with van der Waals surface area (Å²) in [6.07, 6.45) is 6.73. The standard InChI is InChI=1S/C14H21NOS/c1-10-4-3-5-13(8-10)17-14-7-6-12(9-15-14)11(2)16/h6-7,9-11,13,16H,3-5,8H2,1-2H3/t10?,11-,13?/m0/s1. The Kier molecular flexibility index (Phi) is 4.46. The number of pyridine rings is 1. The van der Waals surface area contributed by atoms with E-state index >= 15 is 0 Å². The summed E-state index contributed by atoms with van der Waals surface area (Å²) in [5.41, 5.74) is 0.895. The summed E-state index contributed by atoms with van der Waals surface area (Å²) in [4.78, 5) is 4.42. The molecule has 0 bridgehead atoms. The molecule has 2 unspecified atom stereocenters. The largest absolute Gasteiger partial charge is 0.389 e. The highest BCUT2D eigenvalue weighted by Gasteiger charge is 2.20. The lowest BCUT2D eigenvalue weighted by Crippen LogP contribution is -2.15. The van der Waals surface area contributed by atoms with Crippen LogP contribution in [-0.2, 0) is 0 Å². The lowest BCUT2D eigenvalue weighted by Gasteiger charge is -2.25. The first kappa shape index (κ1) is 12.9. The lowest BCUT2D eigenvalue weighted by molar-refractivity contribution is 0.198. The second-order valence-electron chi connectivity index (χ2n) is 5.12. The highest BCUT2D eigenvalue weighted by atomic mass is 32.2. The third kappa shape index (κ3) is 3.71. The van der Waals surface area contributed by atoms with Crippen LogP contribution in [0.3, 0.4) is 0 Å². The molecule has 1 heterocycles. The Balaban J connectivity index is 1.94. The van der Waals surface area contributed by atoms with E-state index in [1.807, 2.05) is 23.9 Å². The first-order valence-corrected chi connectivity index (χ1v) is 7.34. The van der Waals surface area contributed by atoms with Gasteiger partial charge in [0.05, 0.1) is 11.1 Å². The van der Waals surface area contributed by atoms with E-state index < -0.39 is 6.10 Å². The second kappa shape index (κ2) is 5.87. The molecule has 2 rings (SSSR count). The molecule has 0 amide bonds. The van der Waals surface area contributed by atoms with Crippen molar-refractivity contribution in [2.45, 2.75) is 55.9 Å². The van der Waals surface area contributed by atoms with Gasteiger partial charge in [0, 0.05) is 11.4 Å². The van der Waals surface area contributed by atoms with Crippen molar-refractivity contribution in [1.29, 1.82) is 0 Å². The van der Waals surface area contributed by atoms with Crippen molar-refractivity contribution < 1.29 is 5.11 Å². The zero-order valence-corrected chi connectivity index (χ0v) is 11.4. The average Bonchev–Trinajstić information content (AvgIpc) is 2.29. The Morgan fingerprint density at radius 3 is 2.82 bits per heavy atom. The van der Waals surface area contributed by atoms with Gasteiger partial charge in [0.25, 0.3) is 0 Å². The molecule has 0 radical (unpaired) electrons. The maximum Gasteiger partial charge on any atom is 0.0962 e. The van der Waals surface area contributed by atoms with Crippen LogP contribution in [0.4, 0.5) is 0 Å². The normalized spacial score (nSPS) is 26.8. The third-order valence-corrected chi connectivity index (χ3v) is 4.66. The minimum absolute atomic E-state index is 0.420. The zero-order valence-electron chi connectivity index (χ0n) is 10.6. The number of hydrogen-bond acceptors (Lipinski definition) is 3. The van der Waals surface area contributed by atoms with E-state index in [0.717, 1.165) is 21.8 Å². The summed E-state index contributed by atoms with van der Waals surface area (Å²) in [6.45, 7) is 4.11. The molecule has 1 aromatic heterocycles. The number of hydrogen-bond donors (Lipinski definition) is 1. The topological polar surface area (TPSA) is 33.1 Å². The highest BCUT2D eigenvalue weighted by Crippen LogP contribution is 2.35. The smallest absolute Gasteiger partial charge is 0.0962 e. The van der Waals surface area contributed by atoms with E-state index in [0.29, 0.717) is 0 Å². The van der Waals surface area contributed by atoms with Crippen LogP contribution in [0.1, 0.15) is 51.2 Å². The summed E-state index contributed by atoms with van der Waals surface area (Å²) in [5, 5.41) is 11.2. The van der Waals surface area contributed by atoms with Gasteiger partial charge in [-0.05, 0) is 37.3 Å². The Morgan fingerprint density at radius 1 is 1.41 bits per heavy atom. The first-order valence-electron chi connectivity index (χ1n) is 6.46. The van der Waals surface area contributed by atoms with Crippen LogP contribution in [0.5, 0.6) is 0 Å². The average molecular weight is 251 g/mol. The van der Waals surface area contributed by atoms with Crippen molar-refractivity contribution in [3.8, 4) is 0 Å². The Labute approximate surface area is 108 Å². The van der Waals surface area contributed by atoms with E-state index in [1.54, 1.807) is 13.1 Å². The number of aliphatic hydroxyl groups is 1. The Hall–Kier alpha value is -0.540. The fourth-order valence-electron chi connectivity index (χ4n) is 2.36. The van der Waals surface area contributed by atoms with Crippen LogP contribution < -0.4 is 0 Å². The molecule has 1 saturated carbocycles. The highest BCUT2D eigenvalue weighted by molar-refractivity contribution is 7.99. The van der Waals surface area contributed by atoms with Gasteiger partial charge in [0.2, 0.25) is 0 Å². The van der Waals surface area contributed by atoms with Crippen molar-refractivity contribution in [2.75, 3.05) is 0 Å². The molecule has 1 N–H and O–H groups in total. The maximum atomic E-state index is 9.42. The van der Waals surface area contributed by atoms with Gasteiger partial charge in [-0.15, -0.1) is 11.8 Å². The van der Waals surface area contributed by atoms with E-state index in [2.05, 4.69) is 11.9 Å². The van der Waals surface area contributed by atoms with Gasteiger partial charge in [0.15, 0.2) is 0 Å². The van der Waals surface area contributed by atoms with Crippen molar-refractivity contribution in [2.24, 2.45) is 5.92 Å². The minimum atomic E-state index is -0.420. The van der Waals surface area contributed by atoms with Gasteiger partial charge in [-0.2, -0.15) is 0 Å². The molecule has 3 atom stereocenters. The summed E-state index contributed by atoms with van der Waals surface area (Å²) in [7, 11) is 0. The van der Waals surface area contributed by atoms with Crippen molar-refractivity contribution in [3.05, 3.63) is 23.9 Å². The van der Waals surface area contributed by atoms with E-state index in [1.165, 1.54) is 25.7 Å². The Bertz CT molecular complexity index is 350. The molecule has 0 saturated heterocycles. The quantitative estimate of drug-likeness (QED) is 0.887. The lowest BCUT2D eigenvalue weighted by atomic mass is 9.91. The van der Waals surface area contributed by atoms with Gasteiger partial charge < -0.3 is 5.11 Å². The number of rotatable bonds is 3. The molecule has 1 aromatic rings. The molecule has 94 valence electrons. The summed E-state index contributed by atoms with van der Waals surface area (Å²) < 4.78 is 0. The fourth-order valence-corrected chi connectivity index (χ4v) is 3.68. The summed E-state index contributed by atoms with van der Waals surface area (Å²) >= 11 is 1.90. The number of aliphatic hydroxyl groups excluding tert-OH is 1. The Morgan fingerprint density at radius 2 is 2.24 bits per heavy atom. The van der Waals surface area contributed by atoms with E-state index in [9.17, 15) is 5.11 Å². The van der Waals surface area contributed by atoms with Crippen molar-refractivity contribution in [1.82, 2.24) is 4.98 Å². The summed E-state index contributed by atoms with van der Waals surface area (Å²) in [5.74, 6) is 0.859. The molecule has 2 nitrogen and oxygen atoms in total. The van der Waals surface area contributed by atoms with Crippen molar-refractivity contribution >= 4 is 11.8 Å². The number of nitrogens with zero attached hydrogens (tertiary/aromatic N) is 1. The SMILES string of the molecule is CC1CCCC(Sc2ccc([C@H](C)O)cn2)C1. The summed E-state index contributed by atoms with van der Waals surface area (Å²) in [6, 6.07) is 4.01. The van der Waals surface area contributed by atoms with Crippen LogP contribution >= 0.6 is 11.8 Å². The number of thioether (sulfide) groups is 1. The molecule has 17 heavy (non-hydrogen) atoms.